The van der Waals surface area contributed by atoms with Crippen molar-refractivity contribution in [1.82, 2.24) is 10.2 Å². The maximum Gasteiger partial charge on any atom is 0.228 e. The number of aryl methyl sites for hydroxylation is 1. The van der Waals surface area contributed by atoms with E-state index in [1.165, 1.54) is 11.0 Å². The van der Waals surface area contributed by atoms with Crippen LogP contribution < -0.4 is 10.2 Å². The lowest BCUT2D eigenvalue weighted by Crippen LogP contribution is -2.42. The first kappa shape index (κ1) is 17.9. The van der Waals surface area contributed by atoms with Gasteiger partial charge in [0, 0.05) is 31.7 Å². The summed E-state index contributed by atoms with van der Waals surface area (Å²) in [5.41, 5.74) is 1.08. The molecule has 2 aliphatic heterocycles. The number of nitrogens with zero attached hydrogens (tertiary/aromatic N) is 2. The van der Waals surface area contributed by atoms with E-state index in [9.17, 15) is 14.0 Å². The van der Waals surface area contributed by atoms with E-state index in [2.05, 4.69) is 5.32 Å². The summed E-state index contributed by atoms with van der Waals surface area (Å²) in [5.74, 6) is -0.769. The number of nitrogens with one attached hydrogen (secondary N) is 1. The Balaban J connectivity index is 1.68. The van der Waals surface area contributed by atoms with Gasteiger partial charge >= 0.3 is 0 Å². The summed E-state index contributed by atoms with van der Waals surface area (Å²) in [4.78, 5) is 28.6. The Morgan fingerprint density at radius 1 is 1.32 bits per heavy atom. The van der Waals surface area contributed by atoms with Crippen LogP contribution in [-0.2, 0) is 9.59 Å². The number of anilines is 1. The first-order valence-electron chi connectivity index (χ1n) is 9.01. The second-order valence-electron chi connectivity index (χ2n) is 7.12. The molecule has 2 atom stereocenters. The third-order valence-corrected chi connectivity index (χ3v) is 5.38. The number of carbonyl (C=O) groups excluding carboxylic acids is 2. The molecule has 2 saturated heterocycles. The van der Waals surface area contributed by atoms with Crippen LogP contribution in [0, 0.1) is 18.7 Å². The van der Waals surface area contributed by atoms with Gasteiger partial charge in [-0.1, -0.05) is 6.07 Å². The van der Waals surface area contributed by atoms with Crippen molar-refractivity contribution in [2.75, 3.05) is 31.6 Å². The van der Waals surface area contributed by atoms with E-state index in [4.69, 9.17) is 0 Å². The topological polar surface area (TPSA) is 52.7 Å². The Morgan fingerprint density at radius 3 is 2.88 bits per heavy atom. The molecule has 0 saturated carbocycles. The van der Waals surface area contributed by atoms with Crippen LogP contribution in [0.3, 0.4) is 0 Å². The van der Waals surface area contributed by atoms with Gasteiger partial charge in [0.1, 0.15) is 5.82 Å². The van der Waals surface area contributed by atoms with Gasteiger partial charge in [-0.15, -0.1) is 0 Å². The molecule has 0 spiro atoms. The number of hydrogen-bond donors (Lipinski definition) is 1. The highest BCUT2D eigenvalue weighted by molar-refractivity contribution is 6.00. The largest absolute Gasteiger partial charge is 0.342 e. The van der Waals surface area contributed by atoms with Gasteiger partial charge in [0.15, 0.2) is 0 Å². The van der Waals surface area contributed by atoms with Crippen molar-refractivity contribution >= 4 is 17.5 Å². The van der Waals surface area contributed by atoms with Crippen LogP contribution in [-0.4, -0.2) is 49.4 Å². The Hall–Kier alpha value is -1.95. The Kier molecular flexibility index (Phi) is 5.37. The minimum absolute atomic E-state index is 0.0235. The predicted octanol–water partition coefficient (Wildman–Crippen LogP) is 2.09. The fourth-order valence-electron chi connectivity index (χ4n) is 3.73. The molecule has 25 heavy (non-hydrogen) atoms. The smallest absolute Gasteiger partial charge is 0.228 e. The molecule has 3 rings (SSSR count). The molecule has 2 fully saturated rings. The maximum absolute atomic E-state index is 13.8. The fraction of sp³-hybridized carbons (Fsp3) is 0.579. The van der Waals surface area contributed by atoms with Gasteiger partial charge in [0.2, 0.25) is 11.8 Å². The highest BCUT2D eigenvalue weighted by Gasteiger charge is 2.38. The predicted molar refractivity (Wildman–Crippen MR) is 94.9 cm³/mol. The zero-order valence-electron chi connectivity index (χ0n) is 14.9. The summed E-state index contributed by atoms with van der Waals surface area (Å²) in [5, 5.41) is 3.35. The standard InChI is InChI=1S/C19H26FN3O2/c1-13-5-6-16(11-17(13)20)23-12-14(10-18(23)24)19(25)22(2)15-4-3-8-21-9-7-15/h5-6,11,14-15,21H,3-4,7-10,12H2,1-2H3. The molecule has 2 amide bonds. The number of amides is 2. The monoisotopic (exact) mass is 347 g/mol. The van der Waals surface area contributed by atoms with Gasteiger partial charge < -0.3 is 15.1 Å². The van der Waals surface area contributed by atoms with Crippen LogP contribution >= 0.6 is 0 Å². The van der Waals surface area contributed by atoms with Gasteiger partial charge in [0.25, 0.3) is 0 Å². The average molecular weight is 347 g/mol. The summed E-state index contributed by atoms with van der Waals surface area (Å²) >= 11 is 0. The van der Waals surface area contributed by atoms with E-state index in [0.29, 0.717) is 17.8 Å². The number of benzene rings is 1. The summed E-state index contributed by atoms with van der Waals surface area (Å²) in [6, 6.07) is 5.01. The summed E-state index contributed by atoms with van der Waals surface area (Å²) in [6.45, 7) is 3.93. The minimum atomic E-state index is -0.349. The van der Waals surface area contributed by atoms with Crippen LogP contribution in [0.5, 0.6) is 0 Å². The van der Waals surface area contributed by atoms with E-state index >= 15 is 0 Å². The molecule has 0 aromatic heterocycles. The van der Waals surface area contributed by atoms with Crippen LogP contribution in [0.2, 0.25) is 0 Å². The Bertz CT molecular complexity index is 656. The molecule has 2 heterocycles. The van der Waals surface area contributed by atoms with Crippen LogP contribution in [0.1, 0.15) is 31.2 Å². The maximum atomic E-state index is 13.8. The highest BCUT2D eigenvalue weighted by atomic mass is 19.1. The number of carbonyl (C=O) groups is 2. The molecule has 2 aliphatic rings. The second-order valence-corrected chi connectivity index (χ2v) is 7.12. The zero-order valence-corrected chi connectivity index (χ0v) is 14.9. The molecule has 1 aromatic carbocycles. The van der Waals surface area contributed by atoms with Crippen molar-refractivity contribution in [2.45, 2.75) is 38.6 Å². The molecule has 0 radical (unpaired) electrons. The third kappa shape index (κ3) is 3.84. The zero-order chi connectivity index (χ0) is 18.0. The van der Waals surface area contributed by atoms with E-state index in [1.807, 2.05) is 11.9 Å². The van der Waals surface area contributed by atoms with Crippen LogP contribution in [0.4, 0.5) is 10.1 Å². The molecule has 2 unspecified atom stereocenters. The van der Waals surface area contributed by atoms with E-state index in [0.717, 1.165) is 32.4 Å². The quantitative estimate of drug-likeness (QED) is 0.911. The fourth-order valence-corrected chi connectivity index (χ4v) is 3.73. The average Bonchev–Trinajstić information content (AvgIpc) is 2.82. The van der Waals surface area contributed by atoms with Crippen molar-refractivity contribution in [2.24, 2.45) is 5.92 Å². The normalized spacial score (nSPS) is 24.3. The summed E-state index contributed by atoms with van der Waals surface area (Å²) in [7, 11) is 1.84. The Labute approximate surface area is 148 Å². The highest BCUT2D eigenvalue weighted by Crippen LogP contribution is 2.28. The molecule has 136 valence electrons. The van der Waals surface area contributed by atoms with E-state index in [1.54, 1.807) is 19.1 Å². The van der Waals surface area contributed by atoms with Gasteiger partial charge in [-0.05, 0) is 57.0 Å². The van der Waals surface area contributed by atoms with Crippen molar-refractivity contribution in [1.29, 1.82) is 0 Å². The van der Waals surface area contributed by atoms with Crippen LogP contribution in [0.25, 0.3) is 0 Å². The molecule has 6 heteroatoms. The molecule has 1 N–H and O–H groups in total. The lowest BCUT2D eigenvalue weighted by atomic mass is 10.0. The third-order valence-electron chi connectivity index (χ3n) is 5.38. The number of rotatable bonds is 3. The van der Waals surface area contributed by atoms with Gasteiger partial charge in [-0.25, -0.2) is 4.39 Å². The molecule has 0 aliphatic carbocycles. The molecule has 5 nitrogen and oxygen atoms in total. The van der Waals surface area contributed by atoms with Crippen molar-refractivity contribution < 1.29 is 14.0 Å². The van der Waals surface area contributed by atoms with Gasteiger partial charge in [-0.2, -0.15) is 0 Å². The summed E-state index contributed by atoms with van der Waals surface area (Å²) in [6.07, 6.45) is 3.18. The first-order chi connectivity index (χ1) is 12.0. The number of hydrogen-bond acceptors (Lipinski definition) is 3. The van der Waals surface area contributed by atoms with E-state index in [-0.39, 0.29) is 36.0 Å². The van der Waals surface area contributed by atoms with Gasteiger partial charge in [0.05, 0.1) is 5.92 Å². The summed E-state index contributed by atoms with van der Waals surface area (Å²) < 4.78 is 13.8. The molecule has 1 aromatic rings. The van der Waals surface area contributed by atoms with Crippen molar-refractivity contribution in [3.63, 3.8) is 0 Å². The molecular weight excluding hydrogens is 321 g/mol. The number of halogens is 1. The van der Waals surface area contributed by atoms with Crippen molar-refractivity contribution in [3.8, 4) is 0 Å². The van der Waals surface area contributed by atoms with Gasteiger partial charge in [-0.3, -0.25) is 9.59 Å². The lowest BCUT2D eigenvalue weighted by molar-refractivity contribution is -0.136. The SMILES string of the molecule is Cc1ccc(N2CC(C(=O)N(C)C3CCCNCC3)CC2=O)cc1F. The van der Waals surface area contributed by atoms with Crippen LogP contribution in [0.15, 0.2) is 18.2 Å². The molecule has 0 bridgehead atoms. The van der Waals surface area contributed by atoms with Crippen molar-refractivity contribution in [3.05, 3.63) is 29.6 Å². The first-order valence-corrected chi connectivity index (χ1v) is 9.01. The Morgan fingerprint density at radius 2 is 2.12 bits per heavy atom. The molecular formula is C19H26FN3O2. The second kappa shape index (κ2) is 7.52. The van der Waals surface area contributed by atoms with E-state index < -0.39 is 0 Å². The lowest BCUT2D eigenvalue weighted by Gasteiger charge is -2.29. The minimum Gasteiger partial charge on any atom is -0.342 e.